The molecule has 3 aliphatic rings. The number of nitriles is 1. The minimum absolute atomic E-state index is 0.363. The van der Waals surface area contributed by atoms with Crippen molar-refractivity contribution in [1.29, 1.82) is 5.26 Å². The Balaban J connectivity index is 1.51. The summed E-state index contributed by atoms with van der Waals surface area (Å²) in [5.74, 6) is -0.854. The van der Waals surface area contributed by atoms with Crippen molar-refractivity contribution in [1.82, 2.24) is 15.5 Å². The van der Waals surface area contributed by atoms with Gasteiger partial charge in [0.1, 0.15) is 17.6 Å². The number of carbonyl (C=O) groups excluding carboxylic acids is 3. The predicted molar refractivity (Wildman–Crippen MR) is 96.3 cm³/mol. The summed E-state index contributed by atoms with van der Waals surface area (Å²) in [6, 6.07) is 9.24. The number of hydrogen-bond acceptors (Lipinski definition) is 4. The Morgan fingerprint density at radius 2 is 1.93 bits per heavy atom. The van der Waals surface area contributed by atoms with Gasteiger partial charge in [0.05, 0.1) is 6.07 Å². The summed E-state index contributed by atoms with van der Waals surface area (Å²) in [5, 5.41) is 15.1. The second kappa shape index (κ2) is 6.38. The molecular formula is C20H22N4O3. The molecule has 1 atom stereocenters. The smallest absolute Gasteiger partial charge is 0.325 e. The molecule has 27 heavy (non-hydrogen) atoms. The lowest BCUT2D eigenvalue weighted by molar-refractivity contribution is -0.135. The Bertz CT molecular complexity index is 853. The van der Waals surface area contributed by atoms with E-state index in [0.717, 1.165) is 35.3 Å². The van der Waals surface area contributed by atoms with Gasteiger partial charge in [-0.3, -0.25) is 14.5 Å². The SMILES string of the molecule is N#CC1(NC(=O)CN2C(=O)N[C@]3(CCc4ccccc43)C2=O)CCCCC1. The van der Waals surface area contributed by atoms with Gasteiger partial charge in [0, 0.05) is 0 Å². The molecule has 4 amide bonds. The maximum Gasteiger partial charge on any atom is 0.325 e. The molecule has 2 N–H and O–H groups in total. The molecule has 1 saturated carbocycles. The van der Waals surface area contributed by atoms with Gasteiger partial charge in [0.25, 0.3) is 5.91 Å². The van der Waals surface area contributed by atoms with Crippen LogP contribution in [-0.2, 0) is 21.5 Å². The van der Waals surface area contributed by atoms with Crippen LogP contribution in [0.2, 0.25) is 0 Å². The van der Waals surface area contributed by atoms with E-state index < -0.39 is 23.0 Å². The molecule has 1 saturated heterocycles. The summed E-state index contributed by atoms with van der Waals surface area (Å²) in [7, 11) is 0. The zero-order valence-corrected chi connectivity index (χ0v) is 15.1. The number of nitrogens with zero attached hydrogens (tertiary/aromatic N) is 2. The van der Waals surface area contributed by atoms with Crippen LogP contribution in [0.4, 0.5) is 4.79 Å². The molecule has 7 heteroatoms. The van der Waals surface area contributed by atoms with Crippen LogP contribution in [0.3, 0.4) is 0 Å². The first-order valence-electron chi connectivity index (χ1n) is 9.44. The summed E-state index contributed by atoms with van der Waals surface area (Å²) >= 11 is 0. The molecule has 7 nitrogen and oxygen atoms in total. The van der Waals surface area contributed by atoms with Gasteiger partial charge < -0.3 is 10.6 Å². The van der Waals surface area contributed by atoms with E-state index in [9.17, 15) is 19.6 Å². The molecule has 2 aliphatic carbocycles. The molecule has 1 aromatic rings. The normalized spacial score (nSPS) is 25.8. The summed E-state index contributed by atoms with van der Waals surface area (Å²) in [4.78, 5) is 39.1. The molecule has 1 heterocycles. The Labute approximate surface area is 157 Å². The third kappa shape index (κ3) is 2.76. The quantitative estimate of drug-likeness (QED) is 0.795. The lowest BCUT2D eigenvalue weighted by Crippen LogP contribution is -2.52. The van der Waals surface area contributed by atoms with E-state index in [1.54, 1.807) is 0 Å². The highest BCUT2D eigenvalue weighted by atomic mass is 16.2. The van der Waals surface area contributed by atoms with Crippen molar-refractivity contribution in [2.45, 2.75) is 56.0 Å². The van der Waals surface area contributed by atoms with Crippen LogP contribution in [0.25, 0.3) is 0 Å². The van der Waals surface area contributed by atoms with Crippen LogP contribution in [0.1, 0.15) is 49.7 Å². The van der Waals surface area contributed by atoms with Crippen LogP contribution in [0, 0.1) is 11.3 Å². The van der Waals surface area contributed by atoms with Crippen LogP contribution in [0.15, 0.2) is 24.3 Å². The van der Waals surface area contributed by atoms with Crippen LogP contribution < -0.4 is 10.6 Å². The van der Waals surface area contributed by atoms with Crippen LogP contribution in [0.5, 0.6) is 0 Å². The number of rotatable bonds is 3. The lowest BCUT2D eigenvalue weighted by Gasteiger charge is -2.32. The molecule has 0 radical (unpaired) electrons. The van der Waals surface area contributed by atoms with Crippen molar-refractivity contribution in [3.8, 4) is 6.07 Å². The first kappa shape index (κ1) is 17.5. The fourth-order valence-corrected chi connectivity index (χ4v) is 4.60. The first-order valence-corrected chi connectivity index (χ1v) is 9.44. The monoisotopic (exact) mass is 366 g/mol. The van der Waals surface area contributed by atoms with Crippen molar-refractivity contribution in [3.63, 3.8) is 0 Å². The van der Waals surface area contributed by atoms with Gasteiger partial charge in [-0.15, -0.1) is 0 Å². The largest absolute Gasteiger partial charge is 0.336 e. The molecular weight excluding hydrogens is 344 g/mol. The average Bonchev–Trinajstić information content (AvgIpc) is 3.16. The van der Waals surface area contributed by atoms with E-state index in [4.69, 9.17) is 0 Å². The zero-order valence-electron chi connectivity index (χ0n) is 15.1. The molecule has 0 aromatic heterocycles. The number of carbonyl (C=O) groups is 3. The van der Waals surface area contributed by atoms with Crippen molar-refractivity contribution in [2.75, 3.05) is 6.54 Å². The van der Waals surface area contributed by atoms with Crippen molar-refractivity contribution < 1.29 is 14.4 Å². The molecule has 1 aliphatic heterocycles. The number of aryl methyl sites for hydroxylation is 1. The molecule has 140 valence electrons. The van der Waals surface area contributed by atoms with Gasteiger partial charge in [0.15, 0.2) is 0 Å². The number of benzene rings is 1. The predicted octanol–water partition coefficient (Wildman–Crippen LogP) is 1.72. The van der Waals surface area contributed by atoms with Gasteiger partial charge >= 0.3 is 6.03 Å². The highest BCUT2D eigenvalue weighted by Crippen LogP contribution is 2.41. The first-order chi connectivity index (χ1) is 13.0. The molecule has 0 unspecified atom stereocenters. The minimum Gasteiger partial charge on any atom is -0.336 e. The standard InChI is InChI=1S/C20H22N4O3/c21-13-19(9-4-1-5-10-19)22-16(25)12-24-17(26)20(23-18(24)27)11-8-14-6-2-3-7-15(14)20/h2-3,6-7H,1,4-5,8-12H2,(H,22,25)(H,23,27)/t20-/m0/s1. The van der Waals surface area contributed by atoms with E-state index in [1.165, 1.54) is 0 Å². The number of imide groups is 1. The minimum atomic E-state index is -1.06. The number of fused-ring (bicyclic) bond motifs is 2. The molecule has 1 aromatic carbocycles. The van der Waals surface area contributed by atoms with Crippen molar-refractivity contribution in [2.24, 2.45) is 0 Å². The maximum absolute atomic E-state index is 13.1. The van der Waals surface area contributed by atoms with Gasteiger partial charge in [-0.25, -0.2) is 4.79 Å². The highest BCUT2D eigenvalue weighted by Gasteiger charge is 2.55. The molecule has 0 bridgehead atoms. The summed E-state index contributed by atoms with van der Waals surface area (Å²) in [6.07, 6.45) is 5.23. The third-order valence-electron chi connectivity index (χ3n) is 6.02. The molecule has 1 spiro atoms. The Kier molecular flexibility index (Phi) is 4.14. The number of amides is 4. The van der Waals surface area contributed by atoms with E-state index in [0.29, 0.717) is 25.7 Å². The summed E-state index contributed by atoms with van der Waals surface area (Å²) in [5.41, 5.74) is -0.0899. The van der Waals surface area contributed by atoms with Crippen molar-refractivity contribution >= 4 is 17.8 Å². The van der Waals surface area contributed by atoms with Crippen molar-refractivity contribution in [3.05, 3.63) is 35.4 Å². The molecule has 4 rings (SSSR count). The number of nitrogens with one attached hydrogen (secondary N) is 2. The second-order valence-corrected chi connectivity index (χ2v) is 7.69. The van der Waals surface area contributed by atoms with Crippen LogP contribution >= 0.6 is 0 Å². The van der Waals surface area contributed by atoms with Gasteiger partial charge in [-0.05, 0) is 36.8 Å². The van der Waals surface area contributed by atoms with Gasteiger partial charge in [0.2, 0.25) is 5.91 Å². The van der Waals surface area contributed by atoms with E-state index >= 15 is 0 Å². The second-order valence-electron chi connectivity index (χ2n) is 7.69. The topological polar surface area (TPSA) is 102 Å². The van der Waals surface area contributed by atoms with Gasteiger partial charge in [-0.2, -0.15) is 5.26 Å². The van der Waals surface area contributed by atoms with Gasteiger partial charge in [-0.1, -0.05) is 43.5 Å². The third-order valence-corrected chi connectivity index (χ3v) is 6.02. The lowest BCUT2D eigenvalue weighted by atomic mass is 9.83. The number of hydrogen-bond donors (Lipinski definition) is 2. The average molecular weight is 366 g/mol. The highest BCUT2D eigenvalue weighted by molar-refractivity contribution is 6.10. The fourth-order valence-electron chi connectivity index (χ4n) is 4.60. The Hall–Kier alpha value is -2.88. The van der Waals surface area contributed by atoms with E-state index in [2.05, 4.69) is 16.7 Å². The summed E-state index contributed by atoms with van der Waals surface area (Å²) in [6.45, 7) is -0.363. The fraction of sp³-hybridized carbons (Fsp3) is 0.500. The maximum atomic E-state index is 13.1. The Morgan fingerprint density at radius 3 is 2.67 bits per heavy atom. The Morgan fingerprint density at radius 1 is 1.19 bits per heavy atom. The molecule has 2 fully saturated rings. The van der Waals surface area contributed by atoms with E-state index in [1.807, 2.05) is 24.3 Å². The summed E-state index contributed by atoms with van der Waals surface area (Å²) < 4.78 is 0. The van der Waals surface area contributed by atoms with Crippen LogP contribution in [-0.4, -0.2) is 34.8 Å². The zero-order chi connectivity index (χ0) is 19.1. The number of urea groups is 1. The van der Waals surface area contributed by atoms with E-state index in [-0.39, 0.29) is 12.5 Å².